The molecule has 1 radical (unpaired) electrons. The molecule has 26 heavy (non-hydrogen) atoms. The van der Waals surface area contributed by atoms with E-state index < -0.39 is 0 Å². The van der Waals surface area contributed by atoms with Crippen LogP contribution >= 0.6 is 11.6 Å². The van der Waals surface area contributed by atoms with E-state index >= 15 is 0 Å². The van der Waals surface area contributed by atoms with Crippen LogP contribution in [0, 0.1) is 6.42 Å². The van der Waals surface area contributed by atoms with E-state index in [-0.39, 0.29) is 6.03 Å². The molecule has 2 saturated heterocycles. The number of anilines is 2. The van der Waals surface area contributed by atoms with E-state index in [9.17, 15) is 4.79 Å². The molecule has 2 aromatic rings. The average molecular weight is 369 g/mol. The van der Waals surface area contributed by atoms with Gasteiger partial charge in [0.25, 0.3) is 0 Å². The zero-order valence-electron chi connectivity index (χ0n) is 14.7. The molecule has 0 bridgehead atoms. The van der Waals surface area contributed by atoms with Crippen molar-refractivity contribution in [3.8, 4) is 0 Å². The lowest BCUT2D eigenvalue weighted by atomic mass is 9.89. The van der Waals surface area contributed by atoms with Crippen LogP contribution in [0.3, 0.4) is 0 Å². The van der Waals surface area contributed by atoms with Gasteiger partial charge < -0.3 is 15.1 Å². The van der Waals surface area contributed by atoms with Gasteiger partial charge in [-0.25, -0.2) is 4.79 Å². The zero-order valence-corrected chi connectivity index (χ0v) is 15.5. The van der Waals surface area contributed by atoms with Crippen LogP contribution in [-0.2, 0) is 0 Å². The Morgan fingerprint density at radius 3 is 2.19 bits per heavy atom. The minimum absolute atomic E-state index is 0.00964. The summed E-state index contributed by atoms with van der Waals surface area (Å²) in [7, 11) is 0. The summed E-state index contributed by atoms with van der Waals surface area (Å²) in [5.41, 5.74) is 3.37. The molecule has 4 rings (SSSR count). The minimum atomic E-state index is -0.00964. The topological polar surface area (TPSA) is 35.6 Å². The van der Waals surface area contributed by atoms with Gasteiger partial charge in [0, 0.05) is 49.0 Å². The van der Waals surface area contributed by atoms with E-state index in [1.165, 1.54) is 11.3 Å². The van der Waals surface area contributed by atoms with Crippen molar-refractivity contribution in [2.45, 2.75) is 18.8 Å². The molecule has 0 aromatic heterocycles. The Balaban J connectivity index is 1.29. The monoisotopic (exact) mass is 368 g/mol. The Bertz CT molecular complexity index is 748. The number of carbonyl (C=O) groups excluding carboxylic acids is 1. The first kappa shape index (κ1) is 17.2. The van der Waals surface area contributed by atoms with Crippen LogP contribution in [-0.4, -0.2) is 37.1 Å². The van der Waals surface area contributed by atoms with Crippen molar-refractivity contribution in [3.63, 3.8) is 0 Å². The molecule has 135 valence electrons. The number of hydrogen-bond donors (Lipinski definition) is 1. The highest BCUT2D eigenvalue weighted by atomic mass is 35.5. The molecule has 0 saturated carbocycles. The molecule has 2 heterocycles. The van der Waals surface area contributed by atoms with E-state index in [0.717, 1.165) is 49.7 Å². The van der Waals surface area contributed by atoms with Gasteiger partial charge in [0.05, 0.1) is 0 Å². The van der Waals surface area contributed by atoms with Crippen LogP contribution in [0.25, 0.3) is 0 Å². The highest BCUT2D eigenvalue weighted by molar-refractivity contribution is 6.30. The SMILES string of the molecule is O=C(Nc1ccc(N2C[CH]C2)cc1)N1CCC(c2ccc(Cl)cc2)CC1. The Morgan fingerprint density at radius 1 is 0.962 bits per heavy atom. The van der Waals surface area contributed by atoms with E-state index in [1.54, 1.807) is 0 Å². The van der Waals surface area contributed by atoms with E-state index in [0.29, 0.717) is 5.92 Å². The van der Waals surface area contributed by atoms with Gasteiger partial charge in [-0.2, -0.15) is 0 Å². The van der Waals surface area contributed by atoms with Crippen molar-refractivity contribution in [2.24, 2.45) is 0 Å². The molecule has 2 aromatic carbocycles. The third kappa shape index (κ3) is 3.80. The Kier molecular flexibility index (Phi) is 5.02. The standard InChI is InChI=1S/C21H23ClN3O/c22-18-4-2-16(3-5-18)17-10-14-25(15-11-17)21(26)23-19-6-8-20(9-7-19)24-12-1-13-24/h1-9,17H,10-15H2,(H,23,26). The lowest BCUT2D eigenvalue weighted by molar-refractivity contribution is 0.194. The number of urea groups is 1. The van der Waals surface area contributed by atoms with Gasteiger partial charge >= 0.3 is 6.03 Å². The molecule has 4 nitrogen and oxygen atoms in total. The average Bonchev–Trinajstić information content (AvgIpc) is 2.63. The quantitative estimate of drug-likeness (QED) is 0.846. The number of hydrogen-bond acceptors (Lipinski definition) is 2. The van der Waals surface area contributed by atoms with Crippen molar-refractivity contribution < 1.29 is 4.79 Å². The van der Waals surface area contributed by atoms with Crippen molar-refractivity contribution in [1.82, 2.24) is 4.90 Å². The lowest BCUT2D eigenvalue weighted by Crippen LogP contribution is -2.40. The maximum atomic E-state index is 12.5. The number of benzene rings is 2. The maximum absolute atomic E-state index is 12.5. The first-order valence-electron chi connectivity index (χ1n) is 9.17. The normalized spacial score (nSPS) is 17.7. The molecule has 0 aliphatic carbocycles. The first-order valence-corrected chi connectivity index (χ1v) is 9.55. The third-order valence-electron chi connectivity index (χ3n) is 5.31. The summed E-state index contributed by atoms with van der Waals surface area (Å²) in [6.45, 7) is 3.57. The Hall–Kier alpha value is -2.20. The molecule has 2 fully saturated rings. The first-order chi connectivity index (χ1) is 12.7. The molecule has 2 aliphatic rings. The number of halogens is 1. The summed E-state index contributed by atoms with van der Waals surface area (Å²) >= 11 is 5.97. The molecule has 0 spiro atoms. The Labute approximate surface area is 159 Å². The molecule has 2 aliphatic heterocycles. The number of rotatable bonds is 3. The second kappa shape index (κ2) is 7.58. The molecule has 5 heteroatoms. The fourth-order valence-corrected chi connectivity index (χ4v) is 3.70. The second-order valence-electron chi connectivity index (χ2n) is 6.98. The fourth-order valence-electron chi connectivity index (χ4n) is 3.58. The van der Waals surface area contributed by atoms with Gasteiger partial charge in [-0.05, 0) is 60.7 Å². The van der Waals surface area contributed by atoms with E-state index in [1.807, 2.05) is 29.2 Å². The smallest absolute Gasteiger partial charge is 0.321 e. The predicted octanol–water partition coefficient (Wildman–Crippen LogP) is 4.78. The summed E-state index contributed by atoms with van der Waals surface area (Å²) < 4.78 is 0. The fraction of sp³-hybridized carbons (Fsp3) is 0.333. The largest absolute Gasteiger partial charge is 0.371 e. The number of nitrogens with one attached hydrogen (secondary N) is 1. The summed E-state index contributed by atoms with van der Waals surface area (Å²) in [6.07, 6.45) is 4.21. The number of amides is 2. The summed E-state index contributed by atoms with van der Waals surface area (Å²) in [6, 6.07) is 16.2. The summed E-state index contributed by atoms with van der Waals surface area (Å²) in [4.78, 5) is 16.7. The lowest BCUT2D eigenvalue weighted by Gasteiger charge is -2.33. The molecular weight excluding hydrogens is 346 g/mol. The van der Waals surface area contributed by atoms with Crippen molar-refractivity contribution in [2.75, 3.05) is 36.4 Å². The minimum Gasteiger partial charge on any atom is -0.371 e. The van der Waals surface area contributed by atoms with Gasteiger partial charge in [-0.15, -0.1) is 0 Å². The predicted molar refractivity (Wildman–Crippen MR) is 107 cm³/mol. The van der Waals surface area contributed by atoms with Crippen LogP contribution in [0.5, 0.6) is 0 Å². The molecule has 2 amide bonds. The third-order valence-corrected chi connectivity index (χ3v) is 5.56. The van der Waals surface area contributed by atoms with E-state index in [4.69, 9.17) is 11.6 Å². The highest BCUT2D eigenvalue weighted by Crippen LogP contribution is 2.29. The number of carbonyl (C=O) groups is 1. The van der Waals surface area contributed by atoms with E-state index in [2.05, 4.69) is 40.9 Å². The second-order valence-corrected chi connectivity index (χ2v) is 7.42. The van der Waals surface area contributed by atoms with Gasteiger partial charge in [-0.1, -0.05) is 23.7 Å². The molecule has 0 atom stereocenters. The molecule has 1 N–H and O–H groups in total. The van der Waals surface area contributed by atoms with Crippen LogP contribution in [0.1, 0.15) is 24.3 Å². The highest BCUT2D eigenvalue weighted by Gasteiger charge is 2.24. The number of nitrogens with zero attached hydrogens (tertiary/aromatic N) is 2. The number of likely N-dealkylation sites (tertiary alicyclic amines) is 1. The van der Waals surface area contributed by atoms with Gasteiger partial charge in [0.15, 0.2) is 0 Å². The van der Waals surface area contributed by atoms with Crippen LogP contribution in [0.15, 0.2) is 48.5 Å². The van der Waals surface area contributed by atoms with Crippen LogP contribution < -0.4 is 10.2 Å². The number of piperidine rings is 1. The Morgan fingerprint density at radius 2 is 1.62 bits per heavy atom. The van der Waals surface area contributed by atoms with Crippen LogP contribution in [0.4, 0.5) is 16.2 Å². The summed E-state index contributed by atoms with van der Waals surface area (Å²) in [5, 5.41) is 3.79. The van der Waals surface area contributed by atoms with Crippen molar-refractivity contribution in [3.05, 3.63) is 65.5 Å². The van der Waals surface area contributed by atoms with Crippen LogP contribution in [0.2, 0.25) is 5.02 Å². The molecule has 0 unspecified atom stereocenters. The maximum Gasteiger partial charge on any atom is 0.321 e. The van der Waals surface area contributed by atoms with Gasteiger partial charge in [0.1, 0.15) is 0 Å². The van der Waals surface area contributed by atoms with Gasteiger partial charge in [-0.3, -0.25) is 0 Å². The van der Waals surface area contributed by atoms with Gasteiger partial charge in [0.2, 0.25) is 0 Å². The zero-order chi connectivity index (χ0) is 17.9. The van der Waals surface area contributed by atoms with Crippen molar-refractivity contribution >= 4 is 29.0 Å². The summed E-state index contributed by atoms with van der Waals surface area (Å²) in [5.74, 6) is 0.504. The molecular formula is C21H23ClN3O. The van der Waals surface area contributed by atoms with Crippen molar-refractivity contribution in [1.29, 1.82) is 0 Å².